The monoisotopic (exact) mass is 536 g/mol. The highest BCUT2D eigenvalue weighted by molar-refractivity contribution is 6.07. The standard InChI is InChI=1S/C29H23F3N2O5/c1-16(17-7-4-3-5-8-17)25(28(38)39-2)34-26(35)24-15-22(27(36)37)21-14-19(11-12-23(21)33-24)18-9-6-10-20(13-18)29(30,31)32/h3-16,25H,1-2H3,(H,34,35)(H,36,37)/t16-,25-/m0/s1. The molecule has 1 amide bonds. The van der Waals surface area contributed by atoms with Crippen LogP contribution in [-0.4, -0.2) is 41.1 Å². The van der Waals surface area contributed by atoms with E-state index in [0.717, 1.165) is 23.8 Å². The van der Waals surface area contributed by atoms with Crippen LogP contribution in [-0.2, 0) is 15.7 Å². The molecule has 0 aliphatic heterocycles. The van der Waals surface area contributed by atoms with Crippen LogP contribution in [0, 0.1) is 0 Å². The average Bonchev–Trinajstić information content (AvgIpc) is 2.94. The predicted molar refractivity (Wildman–Crippen MR) is 137 cm³/mol. The van der Waals surface area contributed by atoms with Crippen molar-refractivity contribution in [2.24, 2.45) is 0 Å². The number of ether oxygens (including phenoxy) is 1. The number of aromatic carboxylic acids is 1. The van der Waals surface area contributed by atoms with Crippen LogP contribution in [0.25, 0.3) is 22.0 Å². The number of methoxy groups -OCH3 is 1. The van der Waals surface area contributed by atoms with Crippen LogP contribution in [0.5, 0.6) is 0 Å². The number of rotatable bonds is 7. The summed E-state index contributed by atoms with van der Waals surface area (Å²) in [6.45, 7) is 1.74. The van der Waals surface area contributed by atoms with Crippen molar-refractivity contribution in [1.29, 1.82) is 0 Å². The number of carbonyl (C=O) groups excluding carboxylic acids is 2. The molecule has 0 aliphatic rings. The van der Waals surface area contributed by atoms with E-state index in [1.165, 1.54) is 37.4 Å². The number of amides is 1. The molecule has 0 bridgehead atoms. The Morgan fingerprint density at radius 2 is 1.62 bits per heavy atom. The first-order chi connectivity index (χ1) is 18.5. The Hall–Kier alpha value is -4.73. The summed E-state index contributed by atoms with van der Waals surface area (Å²) >= 11 is 0. The summed E-state index contributed by atoms with van der Waals surface area (Å²) in [5.41, 5.74) is 0.131. The highest BCUT2D eigenvalue weighted by Gasteiger charge is 2.31. The van der Waals surface area contributed by atoms with E-state index in [4.69, 9.17) is 4.74 Å². The van der Waals surface area contributed by atoms with E-state index in [1.807, 2.05) is 6.07 Å². The van der Waals surface area contributed by atoms with Gasteiger partial charge in [0.15, 0.2) is 0 Å². The van der Waals surface area contributed by atoms with E-state index in [-0.39, 0.29) is 27.7 Å². The second-order valence-corrected chi connectivity index (χ2v) is 8.84. The number of halogens is 3. The lowest BCUT2D eigenvalue weighted by Crippen LogP contribution is -2.45. The van der Waals surface area contributed by atoms with Crippen LogP contribution in [0.3, 0.4) is 0 Å². The average molecular weight is 537 g/mol. The molecule has 200 valence electrons. The number of alkyl halides is 3. The predicted octanol–water partition coefficient (Wildman–Crippen LogP) is 5.69. The summed E-state index contributed by atoms with van der Waals surface area (Å²) in [6.07, 6.45) is -4.54. The van der Waals surface area contributed by atoms with E-state index in [9.17, 15) is 32.7 Å². The zero-order valence-electron chi connectivity index (χ0n) is 20.8. The van der Waals surface area contributed by atoms with Crippen LogP contribution in [0.1, 0.15) is 44.8 Å². The Morgan fingerprint density at radius 3 is 2.26 bits per heavy atom. The summed E-state index contributed by atoms with van der Waals surface area (Å²) in [5, 5.41) is 12.6. The maximum atomic E-state index is 13.2. The van der Waals surface area contributed by atoms with Gasteiger partial charge >= 0.3 is 18.1 Å². The summed E-state index contributed by atoms with van der Waals surface area (Å²) in [4.78, 5) is 42.1. The van der Waals surface area contributed by atoms with E-state index < -0.39 is 41.5 Å². The maximum absolute atomic E-state index is 13.2. The normalized spacial score (nSPS) is 12.9. The van der Waals surface area contributed by atoms with E-state index in [2.05, 4.69) is 10.3 Å². The largest absolute Gasteiger partial charge is 0.478 e. The first kappa shape index (κ1) is 27.3. The van der Waals surface area contributed by atoms with Gasteiger partial charge in [-0.1, -0.05) is 55.5 Å². The van der Waals surface area contributed by atoms with Crippen LogP contribution >= 0.6 is 0 Å². The van der Waals surface area contributed by atoms with Crippen molar-refractivity contribution in [3.05, 3.63) is 101 Å². The van der Waals surface area contributed by atoms with Crippen molar-refractivity contribution in [2.75, 3.05) is 7.11 Å². The number of aromatic nitrogens is 1. The van der Waals surface area contributed by atoms with Crippen molar-refractivity contribution in [3.63, 3.8) is 0 Å². The lowest BCUT2D eigenvalue weighted by Gasteiger charge is -2.23. The van der Waals surface area contributed by atoms with Gasteiger partial charge in [0.25, 0.3) is 5.91 Å². The minimum Gasteiger partial charge on any atom is -0.478 e. The lowest BCUT2D eigenvalue weighted by molar-refractivity contribution is -0.143. The number of carboxylic acids is 1. The van der Waals surface area contributed by atoms with E-state index in [1.54, 1.807) is 31.2 Å². The fourth-order valence-corrected chi connectivity index (χ4v) is 4.25. The van der Waals surface area contributed by atoms with E-state index >= 15 is 0 Å². The zero-order valence-corrected chi connectivity index (χ0v) is 20.8. The number of nitrogens with zero attached hydrogens (tertiary/aromatic N) is 1. The molecule has 0 fully saturated rings. The molecule has 0 radical (unpaired) electrons. The molecule has 2 atom stereocenters. The summed E-state index contributed by atoms with van der Waals surface area (Å²) < 4.78 is 44.4. The number of hydrogen-bond acceptors (Lipinski definition) is 5. The molecular weight excluding hydrogens is 513 g/mol. The summed E-state index contributed by atoms with van der Waals surface area (Å²) in [5.74, 6) is -3.32. The first-order valence-electron chi connectivity index (χ1n) is 11.8. The van der Waals surface area contributed by atoms with Gasteiger partial charge in [0.1, 0.15) is 11.7 Å². The van der Waals surface area contributed by atoms with Gasteiger partial charge in [-0.25, -0.2) is 14.6 Å². The molecule has 10 heteroatoms. The lowest BCUT2D eigenvalue weighted by atomic mass is 9.93. The Kier molecular flexibility index (Phi) is 7.66. The number of esters is 1. The molecule has 1 heterocycles. The van der Waals surface area contributed by atoms with Crippen molar-refractivity contribution < 1.29 is 37.4 Å². The zero-order chi connectivity index (χ0) is 28.3. The fourth-order valence-electron chi connectivity index (χ4n) is 4.25. The number of fused-ring (bicyclic) bond motifs is 1. The number of pyridine rings is 1. The topological polar surface area (TPSA) is 106 Å². The van der Waals surface area contributed by atoms with Gasteiger partial charge in [0.05, 0.1) is 23.8 Å². The van der Waals surface area contributed by atoms with Crippen molar-refractivity contribution in [3.8, 4) is 11.1 Å². The second-order valence-electron chi connectivity index (χ2n) is 8.84. The third-order valence-electron chi connectivity index (χ3n) is 6.36. The molecule has 3 aromatic carbocycles. The van der Waals surface area contributed by atoms with Gasteiger partial charge in [-0.3, -0.25) is 4.79 Å². The van der Waals surface area contributed by atoms with Gasteiger partial charge in [-0.2, -0.15) is 13.2 Å². The highest BCUT2D eigenvalue weighted by Crippen LogP contribution is 2.33. The molecule has 4 rings (SSSR count). The van der Waals surface area contributed by atoms with Crippen LogP contribution in [0.15, 0.2) is 78.9 Å². The molecule has 0 saturated heterocycles. The van der Waals surface area contributed by atoms with Crippen molar-refractivity contribution >= 4 is 28.7 Å². The molecule has 7 nitrogen and oxygen atoms in total. The maximum Gasteiger partial charge on any atom is 0.416 e. The molecular formula is C29H23F3N2O5. The minimum absolute atomic E-state index is 0.135. The Bertz CT molecular complexity index is 1550. The summed E-state index contributed by atoms with van der Waals surface area (Å²) in [7, 11) is 1.19. The van der Waals surface area contributed by atoms with Gasteiger partial charge in [0, 0.05) is 11.3 Å². The highest BCUT2D eigenvalue weighted by atomic mass is 19.4. The van der Waals surface area contributed by atoms with Crippen molar-refractivity contribution in [2.45, 2.75) is 25.1 Å². The molecule has 0 saturated carbocycles. The van der Waals surface area contributed by atoms with Gasteiger partial charge < -0.3 is 15.2 Å². The molecule has 1 aromatic heterocycles. The molecule has 39 heavy (non-hydrogen) atoms. The third-order valence-corrected chi connectivity index (χ3v) is 6.36. The first-order valence-corrected chi connectivity index (χ1v) is 11.8. The van der Waals surface area contributed by atoms with Gasteiger partial charge in [0.2, 0.25) is 0 Å². The number of carbonyl (C=O) groups is 3. The quantitative estimate of drug-likeness (QED) is 0.294. The molecule has 0 spiro atoms. The van der Waals surface area contributed by atoms with Crippen molar-refractivity contribution in [1.82, 2.24) is 10.3 Å². The molecule has 0 aliphatic carbocycles. The Morgan fingerprint density at radius 1 is 0.923 bits per heavy atom. The molecule has 0 unspecified atom stereocenters. The third kappa shape index (κ3) is 5.90. The van der Waals surface area contributed by atoms with Crippen LogP contribution in [0.4, 0.5) is 13.2 Å². The smallest absolute Gasteiger partial charge is 0.416 e. The number of benzene rings is 3. The van der Waals surface area contributed by atoms with Gasteiger partial charge in [-0.05, 0) is 47.0 Å². The number of hydrogen-bond donors (Lipinski definition) is 2. The fraction of sp³-hybridized carbons (Fsp3) is 0.172. The SMILES string of the molecule is COC(=O)[C@@H](NC(=O)c1cc(C(=O)O)c2cc(-c3cccc(C(F)(F)F)c3)ccc2n1)[C@@H](C)c1ccccc1. The van der Waals surface area contributed by atoms with Gasteiger partial charge in [-0.15, -0.1) is 0 Å². The Balaban J connectivity index is 1.71. The molecule has 2 N–H and O–H groups in total. The number of carboxylic acid groups (broad SMARTS) is 1. The van der Waals surface area contributed by atoms with Crippen LogP contribution < -0.4 is 5.32 Å². The second kappa shape index (κ2) is 10.9. The minimum atomic E-state index is -4.54. The van der Waals surface area contributed by atoms with Crippen LogP contribution in [0.2, 0.25) is 0 Å². The summed E-state index contributed by atoms with van der Waals surface area (Å²) in [6, 6.07) is 18.0. The van der Waals surface area contributed by atoms with E-state index in [0.29, 0.717) is 5.56 Å². The Labute approximate surface area is 221 Å². The number of nitrogens with one attached hydrogen (secondary N) is 1. The molecule has 4 aromatic rings.